The molecule has 0 unspecified atom stereocenters. The molecule has 0 saturated heterocycles. The zero-order valence-corrected chi connectivity index (χ0v) is 17.9. The molecule has 0 radical (unpaired) electrons. The predicted molar refractivity (Wildman–Crippen MR) is 121 cm³/mol. The van der Waals surface area contributed by atoms with Crippen LogP contribution in [0.5, 0.6) is 0 Å². The van der Waals surface area contributed by atoms with Crippen LogP contribution in [0, 0.1) is 0 Å². The molecule has 0 spiro atoms. The van der Waals surface area contributed by atoms with Crippen molar-refractivity contribution in [1.29, 1.82) is 0 Å². The van der Waals surface area contributed by atoms with Gasteiger partial charge in [0, 0.05) is 16.3 Å². The first-order valence-corrected chi connectivity index (χ1v) is 10.6. The molecule has 0 aliphatic carbocycles. The van der Waals surface area contributed by atoms with Crippen LogP contribution in [-0.2, 0) is 6.54 Å². The first-order valence-electron chi connectivity index (χ1n) is 9.80. The second kappa shape index (κ2) is 12.6. The van der Waals surface area contributed by atoms with Gasteiger partial charge in [0.1, 0.15) is 0 Å². The maximum absolute atomic E-state index is 10.3. The number of alkyl halides is 1. The number of rotatable bonds is 8. The van der Waals surface area contributed by atoms with Crippen molar-refractivity contribution in [3.8, 4) is 0 Å². The zero-order valence-electron chi connectivity index (χ0n) is 17.1. The minimum atomic E-state index is -0.250. The highest BCUT2D eigenvalue weighted by Crippen LogP contribution is 2.32. The highest BCUT2D eigenvalue weighted by Gasteiger charge is 2.05. The van der Waals surface area contributed by atoms with Gasteiger partial charge in [0.2, 0.25) is 0 Å². The molecular weight excluding hydrogens is 367 g/mol. The molecule has 3 rings (SSSR count). The van der Waals surface area contributed by atoms with Crippen LogP contribution < -0.4 is 5.32 Å². The summed E-state index contributed by atoms with van der Waals surface area (Å²) < 4.78 is 10.3. The van der Waals surface area contributed by atoms with Gasteiger partial charge in [-0.15, -0.1) is 0 Å². The monoisotopic (exact) mass is 398 g/mol. The van der Waals surface area contributed by atoms with E-state index in [1.807, 2.05) is 11.8 Å². The summed E-state index contributed by atoms with van der Waals surface area (Å²) >= 11 is 1.85. The lowest BCUT2D eigenvalue weighted by Gasteiger charge is -2.12. The van der Waals surface area contributed by atoms with E-state index >= 15 is 0 Å². The molecule has 1 N–H and O–H groups in total. The van der Waals surface area contributed by atoms with Gasteiger partial charge in [0.15, 0.2) is 0 Å². The summed E-state index contributed by atoms with van der Waals surface area (Å²) in [6, 6.07) is 23.9. The summed E-state index contributed by atoms with van der Waals surface area (Å²) in [6.07, 6.45) is 1.17. The molecule has 0 heterocycles. The molecule has 4 heteroatoms. The minimum Gasteiger partial charge on any atom is -0.313 e. The fraction of sp³-hybridized carbons (Fsp3) is 0.333. The van der Waals surface area contributed by atoms with E-state index in [2.05, 4.69) is 91.0 Å². The van der Waals surface area contributed by atoms with Crippen molar-refractivity contribution in [3.63, 3.8) is 0 Å². The van der Waals surface area contributed by atoms with Crippen molar-refractivity contribution < 1.29 is 4.39 Å². The molecule has 0 aliphatic heterocycles. The number of hydrogen-bond donors (Lipinski definition) is 1. The maximum Gasteiger partial charge on any atom is 0.0866 e. The Kier molecular flexibility index (Phi) is 10.0. The predicted octanol–water partition coefficient (Wildman–Crippen LogP) is 6.01. The number of hydrogen-bond acceptors (Lipinski definition) is 3. The molecule has 2 nitrogen and oxygen atoms in total. The Hall–Kier alpha value is -1.88. The van der Waals surface area contributed by atoms with Crippen LogP contribution in [-0.4, -0.2) is 38.8 Å². The Balaban J connectivity index is 0.000000878. The molecule has 150 valence electrons. The second-order valence-electron chi connectivity index (χ2n) is 6.82. The molecule has 3 aromatic carbocycles. The topological polar surface area (TPSA) is 15.3 Å². The highest BCUT2D eigenvalue weighted by atomic mass is 32.2. The Bertz CT molecular complexity index is 835. The fourth-order valence-corrected chi connectivity index (χ4v) is 3.84. The van der Waals surface area contributed by atoms with Gasteiger partial charge in [-0.3, -0.25) is 4.39 Å². The van der Waals surface area contributed by atoms with Crippen LogP contribution in [0.3, 0.4) is 0 Å². The first-order chi connectivity index (χ1) is 13.6. The second-order valence-corrected chi connectivity index (χ2v) is 7.93. The van der Waals surface area contributed by atoms with Crippen LogP contribution in [0.2, 0.25) is 0 Å². The van der Waals surface area contributed by atoms with Crippen molar-refractivity contribution >= 4 is 22.5 Å². The third kappa shape index (κ3) is 7.63. The van der Waals surface area contributed by atoms with E-state index in [1.54, 1.807) is 0 Å². The van der Waals surface area contributed by atoms with E-state index in [0.717, 1.165) is 19.6 Å². The van der Waals surface area contributed by atoms with Gasteiger partial charge in [-0.05, 0) is 75.1 Å². The van der Waals surface area contributed by atoms with Crippen LogP contribution in [0.25, 0.3) is 10.8 Å². The van der Waals surface area contributed by atoms with E-state index in [1.165, 1.54) is 39.5 Å². The van der Waals surface area contributed by atoms with Gasteiger partial charge in [0.05, 0.1) is 6.67 Å². The van der Waals surface area contributed by atoms with E-state index in [4.69, 9.17) is 0 Å². The average molecular weight is 399 g/mol. The SMILES string of the molecule is CCF.CN(C)CCCNCc1ccccc1Sc1ccc2ccccc2c1. The lowest BCUT2D eigenvalue weighted by Crippen LogP contribution is -2.21. The third-order valence-corrected chi connectivity index (χ3v) is 5.30. The van der Waals surface area contributed by atoms with Gasteiger partial charge in [-0.1, -0.05) is 60.3 Å². The molecule has 0 aromatic heterocycles. The molecule has 0 bridgehead atoms. The van der Waals surface area contributed by atoms with E-state index in [9.17, 15) is 4.39 Å². The molecule has 0 atom stereocenters. The Labute approximate surface area is 173 Å². The number of nitrogens with zero attached hydrogens (tertiary/aromatic N) is 1. The van der Waals surface area contributed by atoms with Crippen LogP contribution in [0.1, 0.15) is 18.9 Å². The molecule has 0 fully saturated rings. The fourth-order valence-electron chi connectivity index (χ4n) is 2.85. The smallest absolute Gasteiger partial charge is 0.0866 e. The summed E-state index contributed by atoms with van der Waals surface area (Å²) in [5.74, 6) is 0. The summed E-state index contributed by atoms with van der Waals surface area (Å²) in [4.78, 5) is 4.85. The van der Waals surface area contributed by atoms with Gasteiger partial charge in [-0.2, -0.15) is 0 Å². The summed E-state index contributed by atoms with van der Waals surface area (Å²) in [5, 5.41) is 6.16. The lowest BCUT2D eigenvalue weighted by molar-refractivity contribution is 0.394. The molecule has 0 amide bonds. The van der Waals surface area contributed by atoms with E-state index in [-0.39, 0.29) is 6.67 Å². The van der Waals surface area contributed by atoms with E-state index < -0.39 is 0 Å². The summed E-state index contributed by atoms with van der Waals surface area (Å²) in [6.45, 7) is 4.30. The molecule has 0 saturated carbocycles. The number of fused-ring (bicyclic) bond motifs is 1. The maximum atomic E-state index is 10.3. The number of benzene rings is 3. The van der Waals surface area contributed by atoms with Crippen molar-refractivity contribution in [2.75, 3.05) is 33.9 Å². The van der Waals surface area contributed by atoms with Crippen molar-refractivity contribution in [1.82, 2.24) is 10.2 Å². The average Bonchev–Trinajstić information content (AvgIpc) is 2.69. The quantitative estimate of drug-likeness (QED) is 0.468. The van der Waals surface area contributed by atoms with Crippen molar-refractivity contribution in [3.05, 3.63) is 72.3 Å². The lowest BCUT2D eigenvalue weighted by atomic mass is 10.1. The molecule has 3 aromatic rings. The standard InChI is InChI=1S/C22H26N2S.C2H5F/c1-24(2)15-7-14-23-17-20-10-5-6-11-22(20)25-21-13-12-18-8-3-4-9-19(18)16-21;1-2-3/h3-6,8-13,16,23H,7,14-15,17H2,1-2H3;2H2,1H3. The molecule has 0 aliphatic rings. The highest BCUT2D eigenvalue weighted by molar-refractivity contribution is 7.99. The van der Waals surface area contributed by atoms with Crippen LogP contribution >= 0.6 is 11.8 Å². The Morgan fingerprint density at radius 1 is 0.929 bits per heavy atom. The largest absolute Gasteiger partial charge is 0.313 e. The number of nitrogens with one attached hydrogen (secondary N) is 1. The van der Waals surface area contributed by atoms with Crippen molar-refractivity contribution in [2.24, 2.45) is 0 Å². The van der Waals surface area contributed by atoms with Gasteiger partial charge in [0.25, 0.3) is 0 Å². The normalized spacial score (nSPS) is 10.8. The van der Waals surface area contributed by atoms with Gasteiger partial charge >= 0.3 is 0 Å². The van der Waals surface area contributed by atoms with Crippen LogP contribution in [0.4, 0.5) is 4.39 Å². The Morgan fingerprint density at radius 3 is 2.36 bits per heavy atom. The van der Waals surface area contributed by atoms with Crippen LogP contribution in [0.15, 0.2) is 76.5 Å². The number of halogens is 1. The van der Waals surface area contributed by atoms with Crippen molar-refractivity contribution in [2.45, 2.75) is 29.7 Å². The minimum absolute atomic E-state index is 0.250. The summed E-state index contributed by atoms with van der Waals surface area (Å²) in [5.41, 5.74) is 1.37. The first kappa shape index (κ1) is 22.4. The zero-order chi connectivity index (χ0) is 20.2. The van der Waals surface area contributed by atoms with Gasteiger partial charge < -0.3 is 10.2 Å². The molecule has 28 heavy (non-hydrogen) atoms. The third-order valence-electron chi connectivity index (χ3n) is 4.20. The van der Waals surface area contributed by atoms with Gasteiger partial charge in [-0.25, -0.2) is 0 Å². The Morgan fingerprint density at radius 2 is 1.61 bits per heavy atom. The molecular formula is C24H31FN2S. The summed E-state index contributed by atoms with van der Waals surface area (Å²) in [7, 11) is 4.24. The van der Waals surface area contributed by atoms with E-state index in [0.29, 0.717) is 0 Å².